The van der Waals surface area contributed by atoms with Gasteiger partial charge in [-0.25, -0.2) is 0 Å². The van der Waals surface area contributed by atoms with Crippen molar-refractivity contribution in [2.75, 3.05) is 27.3 Å². The highest BCUT2D eigenvalue weighted by molar-refractivity contribution is 6.35. The molecule has 0 aromatic heterocycles. The molecular formula is C20H28N2O4. The summed E-state index contributed by atoms with van der Waals surface area (Å²) in [6, 6.07) is 4.07. The Morgan fingerprint density at radius 2 is 1.73 bits per heavy atom. The average Bonchev–Trinajstić information content (AvgIpc) is 2.70. The fourth-order valence-electron chi connectivity index (χ4n) is 4.01. The van der Waals surface area contributed by atoms with Crippen LogP contribution in [0.3, 0.4) is 0 Å². The molecule has 1 fully saturated rings. The highest BCUT2D eigenvalue weighted by Crippen LogP contribution is 2.33. The third-order valence-electron chi connectivity index (χ3n) is 5.55. The molecule has 1 aromatic rings. The molecule has 1 unspecified atom stereocenters. The van der Waals surface area contributed by atoms with Crippen molar-refractivity contribution in [2.24, 2.45) is 0 Å². The zero-order valence-electron chi connectivity index (χ0n) is 15.9. The summed E-state index contributed by atoms with van der Waals surface area (Å²) in [6.45, 7) is 3.76. The molecule has 6 heteroatoms. The van der Waals surface area contributed by atoms with Gasteiger partial charge in [0.05, 0.1) is 14.2 Å². The van der Waals surface area contributed by atoms with Crippen LogP contribution in [-0.4, -0.2) is 55.0 Å². The van der Waals surface area contributed by atoms with Crippen LogP contribution in [0, 0.1) is 0 Å². The fourth-order valence-corrected chi connectivity index (χ4v) is 4.01. The molecule has 1 saturated heterocycles. The fraction of sp³-hybridized carbons (Fsp3) is 0.600. The van der Waals surface area contributed by atoms with Gasteiger partial charge in [-0.05, 0) is 55.4 Å². The summed E-state index contributed by atoms with van der Waals surface area (Å²) in [5.41, 5.74) is 2.16. The zero-order chi connectivity index (χ0) is 18.7. The van der Waals surface area contributed by atoms with Gasteiger partial charge in [-0.2, -0.15) is 0 Å². The van der Waals surface area contributed by atoms with Gasteiger partial charge in [0.25, 0.3) is 0 Å². The summed E-state index contributed by atoms with van der Waals surface area (Å²) in [5, 5.41) is 0. The molecule has 2 aliphatic rings. The first-order valence-electron chi connectivity index (χ1n) is 9.42. The van der Waals surface area contributed by atoms with Crippen molar-refractivity contribution in [3.8, 4) is 11.5 Å². The van der Waals surface area contributed by atoms with Crippen LogP contribution in [0.5, 0.6) is 11.5 Å². The smallest absolute Gasteiger partial charge is 0.312 e. The topological polar surface area (TPSA) is 59.1 Å². The molecule has 0 radical (unpaired) electrons. The van der Waals surface area contributed by atoms with Crippen LogP contribution in [-0.2, 0) is 22.6 Å². The SMILES string of the molecule is CCC1CCCCN1C(=O)C(=O)N1CCc2cc(OC)c(OC)cc2C1. The first-order valence-corrected chi connectivity index (χ1v) is 9.42. The van der Waals surface area contributed by atoms with E-state index in [1.165, 1.54) is 0 Å². The second-order valence-electron chi connectivity index (χ2n) is 7.01. The van der Waals surface area contributed by atoms with E-state index in [4.69, 9.17) is 9.47 Å². The van der Waals surface area contributed by atoms with E-state index in [1.807, 2.05) is 12.1 Å². The van der Waals surface area contributed by atoms with E-state index in [2.05, 4.69) is 6.92 Å². The Labute approximate surface area is 155 Å². The molecule has 1 atom stereocenters. The lowest BCUT2D eigenvalue weighted by atomic mass is 9.98. The van der Waals surface area contributed by atoms with Crippen LogP contribution in [0.4, 0.5) is 0 Å². The number of carbonyl (C=O) groups is 2. The van der Waals surface area contributed by atoms with Gasteiger partial charge in [-0.3, -0.25) is 9.59 Å². The maximum absolute atomic E-state index is 12.8. The lowest BCUT2D eigenvalue weighted by Crippen LogP contribution is -2.51. The van der Waals surface area contributed by atoms with Crippen LogP contribution < -0.4 is 9.47 Å². The summed E-state index contributed by atoms with van der Waals surface area (Å²) in [7, 11) is 3.21. The maximum atomic E-state index is 12.8. The van der Waals surface area contributed by atoms with E-state index in [0.717, 1.165) is 36.8 Å². The Morgan fingerprint density at radius 1 is 1.04 bits per heavy atom. The van der Waals surface area contributed by atoms with Crippen LogP contribution in [0.15, 0.2) is 12.1 Å². The molecule has 6 nitrogen and oxygen atoms in total. The van der Waals surface area contributed by atoms with E-state index >= 15 is 0 Å². The molecule has 0 spiro atoms. The minimum absolute atomic E-state index is 0.196. The normalized spacial score (nSPS) is 19.7. The molecule has 26 heavy (non-hydrogen) atoms. The van der Waals surface area contributed by atoms with Crippen LogP contribution in [0.2, 0.25) is 0 Å². The standard InChI is InChI=1S/C20H28N2O4/c1-4-16-7-5-6-9-22(16)20(24)19(23)21-10-8-14-11-17(25-2)18(26-3)12-15(14)13-21/h11-12,16H,4-10,13H2,1-3H3. The second-order valence-corrected chi connectivity index (χ2v) is 7.01. The van der Waals surface area contributed by atoms with Gasteiger partial charge in [-0.1, -0.05) is 6.92 Å². The largest absolute Gasteiger partial charge is 0.493 e. The van der Waals surface area contributed by atoms with E-state index < -0.39 is 0 Å². The minimum Gasteiger partial charge on any atom is -0.493 e. The quantitative estimate of drug-likeness (QED) is 0.777. The van der Waals surface area contributed by atoms with E-state index in [9.17, 15) is 9.59 Å². The van der Waals surface area contributed by atoms with E-state index in [1.54, 1.807) is 24.0 Å². The molecule has 2 amide bonds. The molecule has 2 heterocycles. The second kappa shape index (κ2) is 7.98. The zero-order valence-corrected chi connectivity index (χ0v) is 15.9. The van der Waals surface area contributed by atoms with Gasteiger partial charge in [0.1, 0.15) is 0 Å². The number of hydrogen-bond donors (Lipinski definition) is 0. The molecule has 142 valence electrons. The number of nitrogens with zero attached hydrogens (tertiary/aromatic N) is 2. The number of methoxy groups -OCH3 is 2. The number of hydrogen-bond acceptors (Lipinski definition) is 4. The number of carbonyl (C=O) groups excluding carboxylic acids is 2. The van der Waals surface area contributed by atoms with Gasteiger partial charge in [0, 0.05) is 25.7 Å². The highest BCUT2D eigenvalue weighted by atomic mass is 16.5. The predicted molar refractivity (Wildman–Crippen MR) is 98.3 cm³/mol. The molecule has 0 bridgehead atoms. The molecule has 0 N–H and O–H groups in total. The van der Waals surface area contributed by atoms with Crippen molar-refractivity contribution in [1.29, 1.82) is 0 Å². The highest BCUT2D eigenvalue weighted by Gasteiger charge is 2.34. The van der Waals surface area contributed by atoms with Gasteiger partial charge in [0.2, 0.25) is 0 Å². The summed E-state index contributed by atoms with van der Waals surface area (Å²) < 4.78 is 10.7. The Balaban J connectivity index is 1.75. The molecule has 2 aliphatic heterocycles. The molecular weight excluding hydrogens is 332 g/mol. The first kappa shape index (κ1) is 18.5. The number of benzene rings is 1. The Kier molecular flexibility index (Phi) is 5.69. The Morgan fingerprint density at radius 3 is 2.38 bits per heavy atom. The predicted octanol–water partition coefficient (Wildman–Crippen LogP) is 2.38. The van der Waals surface area contributed by atoms with Crippen molar-refractivity contribution in [3.05, 3.63) is 23.3 Å². The number of likely N-dealkylation sites (tertiary alicyclic amines) is 1. The lowest BCUT2D eigenvalue weighted by molar-refractivity contribution is -0.154. The number of amides is 2. The Hall–Kier alpha value is -2.24. The van der Waals surface area contributed by atoms with Crippen LogP contribution >= 0.6 is 0 Å². The summed E-state index contributed by atoms with van der Waals surface area (Å²) in [5.74, 6) is 0.612. The van der Waals surface area contributed by atoms with E-state index in [-0.39, 0.29) is 17.9 Å². The monoisotopic (exact) mass is 360 g/mol. The summed E-state index contributed by atoms with van der Waals surface area (Å²) in [6.07, 6.45) is 4.73. The molecule has 0 aliphatic carbocycles. The lowest BCUT2D eigenvalue weighted by Gasteiger charge is -2.37. The van der Waals surface area contributed by atoms with Crippen LogP contribution in [0.1, 0.15) is 43.7 Å². The number of fused-ring (bicyclic) bond motifs is 1. The number of rotatable bonds is 3. The van der Waals surface area contributed by atoms with Crippen LogP contribution in [0.25, 0.3) is 0 Å². The summed E-state index contributed by atoms with van der Waals surface area (Å²) in [4.78, 5) is 29.1. The van der Waals surface area contributed by atoms with Crippen molar-refractivity contribution >= 4 is 11.8 Å². The average molecular weight is 360 g/mol. The third-order valence-corrected chi connectivity index (χ3v) is 5.55. The number of piperidine rings is 1. The molecule has 0 saturated carbocycles. The summed E-state index contributed by atoms with van der Waals surface area (Å²) >= 11 is 0. The molecule has 1 aromatic carbocycles. The van der Waals surface area contributed by atoms with Crippen molar-refractivity contribution < 1.29 is 19.1 Å². The van der Waals surface area contributed by atoms with E-state index in [0.29, 0.717) is 37.6 Å². The van der Waals surface area contributed by atoms with Crippen molar-refractivity contribution in [3.63, 3.8) is 0 Å². The third kappa shape index (κ3) is 3.50. The minimum atomic E-state index is -0.384. The van der Waals surface area contributed by atoms with Gasteiger partial charge in [-0.15, -0.1) is 0 Å². The molecule has 3 rings (SSSR count). The first-order chi connectivity index (χ1) is 12.6. The van der Waals surface area contributed by atoms with Gasteiger partial charge in [0.15, 0.2) is 11.5 Å². The van der Waals surface area contributed by atoms with Gasteiger partial charge >= 0.3 is 11.8 Å². The van der Waals surface area contributed by atoms with Gasteiger partial charge < -0.3 is 19.3 Å². The Bertz CT molecular complexity index is 689. The van der Waals surface area contributed by atoms with Crippen molar-refractivity contribution in [2.45, 2.75) is 51.6 Å². The van der Waals surface area contributed by atoms with Crippen molar-refractivity contribution in [1.82, 2.24) is 9.80 Å². The maximum Gasteiger partial charge on any atom is 0.312 e. The number of ether oxygens (including phenoxy) is 2.